The zero-order chi connectivity index (χ0) is 20.8. The van der Waals surface area contributed by atoms with Gasteiger partial charge < -0.3 is 5.32 Å². The Balaban J connectivity index is 1.80. The number of para-hydroxylation sites is 1. The number of benzene rings is 3. The number of nitriles is 1. The molecule has 3 nitrogen and oxygen atoms in total. The van der Waals surface area contributed by atoms with E-state index >= 15 is 0 Å². The lowest BCUT2D eigenvalue weighted by Crippen LogP contribution is -2.13. The lowest BCUT2D eigenvalue weighted by Gasteiger charge is -2.08. The number of amides is 1. The molecule has 3 aromatic rings. The highest BCUT2D eigenvalue weighted by Gasteiger charge is 2.12. The van der Waals surface area contributed by atoms with Crippen molar-refractivity contribution in [2.45, 2.75) is 6.42 Å². The van der Waals surface area contributed by atoms with E-state index in [2.05, 4.69) is 21.2 Å². The van der Waals surface area contributed by atoms with Crippen molar-refractivity contribution in [3.05, 3.63) is 104 Å². The van der Waals surface area contributed by atoms with Crippen LogP contribution in [0.25, 0.3) is 6.08 Å². The number of carbonyl (C=O) groups excluding carboxylic acids is 1. The molecule has 29 heavy (non-hydrogen) atoms. The number of carbonyl (C=O) groups is 1. The zero-order valence-corrected chi connectivity index (χ0v) is 17.5. The second-order valence-electron chi connectivity index (χ2n) is 6.22. The van der Waals surface area contributed by atoms with Crippen LogP contribution in [0.2, 0.25) is 5.02 Å². The summed E-state index contributed by atoms with van der Waals surface area (Å²) < 4.78 is 14.6. The number of nitrogens with zero attached hydrogens (tertiary/aromatic N) is 1. The fraction of sp³-hybridized carbons (Fsp3) is 0.0435. The first-order valence-electron chi connectivity index (χ1n) is 8.67. The summed E-state index contributed by atoms with van der Waals surface area (Å²) in [4.78, 5) is 12.4. The third-order valence-electron chi connectivity index (χ3n) is 4.21. The Morgan fingerprint density at radius 2 is 1.83 bits per heavy atom. The molecular weight excluding hydrogens is 455 g/mol. The van der Waals surface area contributed by atoms with Crippen molar-refractivity contribution in [2.24, 2.45) is 0 Å². The van der Waals surface area contributed by atoms with Gasteiger partial charge in [0.05, 0.1) is 10.7 Å². The van der Waals surface area contributed by atoms with Crippen LogP contribution in [0.5, 0.6) is 0 Å². The van der Waals surface area contributed by atoms with Gasteiger partial charge in [0.1, 0.15) is 17.5 Å². The van der Waals surface area contributed by atoms with E-state index in [1.807, 2.05) is 12.1 Å². The highest BCUT2D eigenvalue weighted by Crippen LogP contribution is 2.25. The van der Waals surface area contributed by atoms with Crippen LogP contribution in [0, 0.1) is 17.1 Å². The molecule has 0 unspecified atom stereocenters. The molecule has 0 spiro atoms. The minimum Gasteiger partial charge on any atom is -0.320 e. The molecule has 0 fully saturated rings. The van der Waals surface area contributed by atoms with E-state index < -0.39 is 5.91 Å². The number of anilines is 1. The van der Waals surface area contributed by atoms with Crippen molar-refractivity contribution in [3.8, 4) is 6.07 Å². The summed E-state index contributed by atoms with van der Waals surface area (Å²) in [5, 5.41) is 12.4. The van der Waals surface area contributed by atoms with Gasteiger partial charge in [0, 0.05) is 10.9 Å². The highest BCUT2D eigenvalue weighted by atomic mass is 79.9. The smallest absolute Gasteiger partial charge is 0.266 e. The van der Waals surface area contributed by atoms with Crippen LogP contribution in [-0.2, 0) is 11.2 Å². The molecule has 1 N–H and O–H groups in total. The van der Waals surface area contributed by atoms with Crippen molar-refractivity contribution < 1.29 is 9.18 Å². The second-order valence-corrected chi connectivity index (χ2v) is 7.48. The molecule has 0 heterocycles. The third kappa shape index (κ3) is 5.32. The molecule has 3 rings (SSSR count). The Morgan fingerprint density at radius 3 is 2.52 bits per heavy atom. The molecule has 0 radical (unpaired) electrons. The summed E-state index contributed by atoms with van der Waals surface area (Å²) >= 11 is 9.53. The molecule has 0 aromatic heterocycles. The molecule has 0 aliphatic carbocycles. The first-order chi connectivity index (χ1) is 14.0. The van der Waals surface area contributed by atoms with E-state index in [9.17, 15) is 14.4 Å². The Bertz CT molecular complexity index is 1140. The average molecular weight is 470 g/mol. The molecule has 1 amide bonds. The van der Waals surface area contributed by atoms with Crippen LogP contribution in [0.4, 0.5) is 10.1 Å². The maximum atomic E-state index is 13.9. The molecule has 0 aliphatic heterocycles. The second kappa shape index (κ2) is 9.51. The van der Waals surface area contributed by atoms with Gasteiger partial charge >= 0.3 is 0 Å². The topological polar surface area (TPSA) is 52.9 Å². The summed E-state index contributed by atoms with van der Waals surface area (Å²) in [7, 11) is 0. The summed E-state index contributed by atoms with van der Waals surface area (Å²) in [5.41, 5.74) is 2.53. The Hall–Kier alpha value is -2.94. The van der Waals surface area contributed by atoms with Crippen molar-refractivity contribution >= 4 is 45.2 Å². The number of rotatable bonds is 5. The van der Waals surface area contributed by atoms with Crippen LogP contribution in [0.3, 0.4) is 0 Å². The largest absolute Gasteiger partial charge is 0.320 e. The van der Waals surface area contributed by atoms with Crippen LogP contribution in [0.15, 0.2) is 76.8 Å². The number of hydrogen-bond donors (Lipinski definition) is 1. The maximum Gasteiger partial charge on any atom is 0.266 e. The number of hydrogen-bond acceptors (Lipinski definition) is 2. The monoisotopic (exact) mass is 468 g/mol. The molecule has 0 aliphatic rings. The van der Waals surface area contributed by atoms with Crippen LogP contribution >= 0.6 is 27.5 Å². The van der Waals surface area contributed by atoms with Crippen LogP contribution in [-0.4, -0.2) is 5.91 Å². The summed E-state index contributed by atoms with van der Waals surface area (Å²) in [6.07, 6.45) is 1.92. The van der Waals surface area contributed by atoms with Gasteiger partial charge in [-0.2, -0.15) is 5.26 Å². The lowest BCUT2D eigenvalue weighted by molar-refractivity contribution is -0.112. The molecule has 6 heteroatoms. The first kappa shape index (κ1) is 20.8. The molecule has 0 saturated heterocycles. The molecule has 0 bridgehead atoms. The third-order valence-corrected chi connectivity index (χ3v) is 5.28. The minimum atomic E-state index is -0.549. The van der Waals surface area contributed by atoms with E-state index in [0.29, 0.717) is 28.3 Å². The zero-order valence-electron chi connectivity index (χ0n) is 15.1. The van der Waals surface area contributed by atoms with Gasteiger partial charge in [-0.25, -0.2) is 4.39 Å². The number of halogens is 3. The van der Waals surface area contributed by atoms with Gasteiger partial charge in [-0.15, -0.1) is 0 Å². The van der Waals surface area contributed by atoms with Gasteiger partial charge in [-0.3, -0.25) is 4.79 Å². The normalized spacial score (nSPS) is 11.0. The van der Waals surface area contributed by atoms with E-state index in [1.54, 1.807) is 54.6 Å². The quantitative estimate of drug-likeness (QED) is 0.348. The van der Waals surface area contributed by atoms with Crippen molar-refractivity contribution in [1.29, 1.82) is 5.26 Å². The van der Waals surface area contributed by atoms with Crippen LogP contribution in [0.1, 0.15) is 16.7 Å². The SMILES string of the molecule is N#C/C(=C\c1ccc(Cc2ccccc2F)c(Br)c1)C(=O)Nc1ccccc1Cl. The van der Waals surface area contributed by atoms with E-state index in [1.165, 1.54) is 12.1 Å². The molecule has 3 aromatic carbocycles. The summed E-state index contributed by atoms with van der Waals surface area (Å²) in [6.45, 7) is 0. The fourth-order valence-electron chi connectivity index (χ4n) is 2.71. The van der Waals surface area contributed by atoms with Gasteiger partial charge in [0.2, 0.25) is 0 Å². The summed E-state index contributed by atoms with van der Waals surface area (Å²) in [6, 6.07) is 20.7. The maximum absolute atomic E-state index is 13.9. The molecule has 0 saturated carbocycles. The van der Waals surface area contributed by atoms with E-state index in [-0.39, 0.29) is 11.4 Å². The minimum absolute atomic E-state index is 0.0568. The highest BCUT2D eigenvalue weighted by molar-refractivity contribution is 9.10. The van der Waals surface area contributed by atoms with Crippen molar-refractivity contribution in [3.63, 3.8) is 0 Å². The van der Waals surface area contributed by atoms with Crippen LogP contribution < -0.4 is 5.32 Å². The van der Waals surface area contributed by atoms with Gasteiger partial charge in [-0.1, -0.05) is 70.0 Å². The van der Waals surface area contributed by atoms with Crippen molar-refractivity contribution in [1.82, 2.24) is 0 Å². The Morgan fingerprint density at radius 1 is 1.10 bits per heavy atom. The van der Waals surface area contributed by atoms with Gasteiger partial charge in [-0.05, 0) is 47.0 Å². The fourth-order valence-corrected chi connectivity index (χ4v) is 3.43. The standard InChI is InChI=1S/C23H15BrClFN2O/c24-19-12-15(9-10-16(19)13-17-5-1-3-7-21(17)26)11-18(14-27)23(29)28-22-8-4-2-6-20(22)25/h1-12H,13H2,(H,28,29)/b18-11+. The Kier molecular flexibility index (Phi) is 6.82. The van der Waals surface area contributed by atoms with Gasteiger partial charge in [0.15, 0.2) is 0 Å². The van der Waals surface area contributed by atoms with E-state index in [0.717, 1.165) is 10.0 Å². The number of nitrogens with one attached hydrogen (secondary N) is 1. The van der Waals surface area contributed by atoms with Crippen molar-refractivity contribution in [2.75, 3.05) is 5.32 Å². The lowest BCUT2D eigenvalue weighted by atomic mass is 10.0. The van der Waals surface area contributed by atoms with E-state index in [4.69, 9.17) is 11.6 Å². The first-order valence-corrected chi connectivity index (χ1v) is 9.84. The predicted molar refractivity (Wildman–Crippen MR) is 117 cm³/mol. The van der Waals surface area contributed by atoms with Gasteiger partial charge in [0.25, 0.3) is 5.91 Å². The Labute approximate surface area is 181 Å². The molecular formula is C23H15BrClFN2O. The molecule has 0 atom stereocenters. The average Bonchev–Trinajstić information content (AvgIpc) is 2.71. The summed E-state index contributed by atoms with van der Waals surface area (Å²) in [5.74, 6) is -0.807. The predicted octanol–water partition coefficient (Wildman–Crippen LogP) is 6.38. The molecule has 144 valence electrons.